The first-order valence-corrected chi connectivity index (χ1v) is 9.90. The molecule has 132 valence electrons. The van der Waals surface area contributed by atoms with Gasteiger partial charge in [-0.25, -0.2) is 0 Å². The largest absolute Gasteiger partial charge is 0.455 e. The molecule has 0 bridgehead atoms. The zero-order chi connectivity index (χ0) is 17.9. The molecule has 1 amide bonds. The SMILES string of the molecule is Cc1ccc(SCCNC(=O)COC(=O)CSc2ccccc2)cc1. The second-order valence-electron chi connectivity index (χ2n) is 5.27. The molecule has 2 rings (SSSR count). The molecule has 0 spiro atoms. The number of rotatable bonds is 9. The molecule has 0 aliphatic carbocycles. The minimum Gasteiger partial charge on any atom is -0.455 e. The third-order valence-electron chi connectivity index (χ3n) is 3.18. The Labute approximate surface area is 156 Å². The van der Waals surface area contributed by atoms with E-state index in [0.717, 1.165) is 10.6 Å². The molecular weight excluding hydrogens is 354 g/mol. The number of ether oxygens (including phenoxy) is 1. The molecule has 0 saturated carbocycles. The zero-order valence-corrected chi connectivity index (χ0v) is 15.7. The molecule has 0 atom stereocenters. The minimum atomic E-state index is -0.391. The third-order valence-corrected chi connectivity index (χ3v) is 5.18. The molecule has 0 aliphatic heterocycles. The van der Waals surface area contributed by atoms with Crippen LogP contribution < -0.4 is 5.32 Å². The molecule has 0 fully saturated rings. The van der Waals surface area contributed by atoms with Gasteiger partial charge in [-0.2, -0.15) is 0 Å². The number of nitrogens with one attached hydrogen (secondary N) is 1. The van der Waals surface area contributed by atoms with E-state index >= 15 is 0 Å². The highest BCUT2D eigenvalue weighted by molar-refractivity contribution is 8.00. The van der Waals surface area contributed by atoms with Crippen molar-refractivity contribution >= 4 is 35.4 Å². The lowest BCUT2D eigenvalue weighted by molar-refractivity contribution is -0.145. The van der Waals surface area contributed by atoms with Crippen molar-refractivity contribution in [3.05, 3.63) is 60.2 Å². The van der Waals surface area contributed by atoms with E-state index in [1.807, 2.05) is 37.3 Å². The van der Waals surface area contributed by atoms with Crippen molar-refractivity contribution in [2.24, 2.45) is 0 Å². The lowest BCUT2D eigenvalue weighted by Crippen LogP contribution is -2.30. The van der Waals surface area contributed by atoms with Gasteiger partial charge >= 0.3 is 5.97 Å². The van der Waals surface area contributed by atoms with E-state index in [0.29, 0.717) is 6.54 Å². The Morgan fingerprint density at radius 2 is 1.64 bits per heavy atom. The number of hydrogen-bond acceptors (Lipinski definition) is 5. The fourth-order valence-corrected chi connectivity index (χ4v) is 3.38. The molecule has 4 nitrogen and oxygen atoms in total. The predicted octanol–water partition coefficient (Wildman–Crippen LogP) is 3.54. The van der Waals surface area contributed by atoms with Crippen LogP contribution in [-0.2, 0) is 14.3 Å². The summed E-state index contributed by atoms with van der Waals surface area (Å²) in [6, 6.07) is 17.9. The van der Waals surface area contributed by atoms with E-state index < -0.39 is 5.97 Å². The van der Waals surface area contributed by atoms with E-state index in [1.165, 1.54) is 22.2 Å². The van der Waals surface area contributed by atoms with E-state index in [2.05, 4.69) is 29.6 Å². The van der Waals surface area contributed by atoms with Crippen molar-refractivity contribution in [1.82, 2.24) is 5.32 Å². The molecule has 25 heavy (non-hydrogen) atoms. The second kappa shape index (κ2) is 10.8. The van der Waals surface area contributed by atoms with E-state index in [1.54, 1.807) is 11.8 Å². The first-order chi connectivity index (χ1) is 12.1. The summed E-state index contributed by atoms with van der Waals surface area (Å²) in [6.07, 6.45) is 0. The number of carbonyl (C=O) groups is 2. The highest BCUT2D eigenvalue weighted by Gasteiger charge is 2.08. The maximum absolute atomic E-state index is 11.7. The lowest BCUT2D eigenvalue weighted by atomic mass is 10.2. The Kier molecular flexibility index (Phi) is 8.42. The first-order valence-electron chi connectivity index (χ1n) is 7.93. The summed E-state index contributed by atoms with van der Waals surface area (Å²) in [5.41, 5.74) is 1.23. The van der Waals surface area contributed by atoms with Crippen LogP contribution >= 0.6 is 23.5 Å². The van der Waals surface area contributed by atoms with Crippen LogP contribution in [0.15, 0.2) is 64.4 Å². The summed E-state index contributed by atoms with van der Waals surface area (Å²) >= 11 is 3.07. The molecule has 0 heterocycles. The van der Waals surface area contributed by atoms with Crippen molar-refractivity contribution < 1.29 is 14.3 Å². The topological polar surface area (TPSA) is 55.4 Å². The Hall–Kier alpha value is -1.92. The number of benzene rings is 2. The van der Waals surface area contributed by atoms with Gasteiger partial charge in [0.05, 0.1) is 5.75 Å². The van der Waals surface area contributed by atoms with Crippen LogP contribution in [-0.4, -0.2) is 36.5 Å². The van der Waals surface area contributed by atoms with Gasteiger partial charge in [0.25, 0.3) is 5.91 Å². The molecule has 1 N–H and O–H groups in total. The van der Waals surface area contributed by atoms with Crippen LogP contribution in [0.25, 0.3) is 0 Å². The number of aryl methyl sites for hydroxylation is 1. The normalized spacial score (nSPS) is 10.3. The van der Waals surface area contributed by atoms with Crippen LogP contribution in [0.3, 0.4) is 0 Å². The monoisotopic (exact) mass is 375 g/mol. The minimum absolute atomic E-state index is 0.195. The second-order valence-corrected chi connectivity index (χ2v) is 7.49. The predicted molar refractivity (Wildman–Crippen MR) is 103 cm³/mol. The average molecular weight is 376 g/mol. The molecule has 0 aliphatic rings. The van der Waals surface area contributed by atoms with Crippen molar-refractivity contribution in [2.45, 2.75) is 16.7 Å². The molecule has 0 aromatic heterocycles. The quantitative estimate of drug-likeness (QED) is 0.413. The van der Waals surface area contributed by atoms with Crippen molar-refractivity contribution in [2.75, 3.05) is 24.7 Å². The highest BCUT2D eigenvalue weighted by Crippen LogP contribution is 2.17. The van der Waals surface area contributed by atoms with Gasteiger partial charge in [0.2, 0.25) is 0 Å². The smallest absolute Gasteiger partial charge is 0.316 e. The Morgan fingerprint density at radius 1 is 0.960 bits per heavy atom. The van der Waals surface area contributed by atoms with Gasteiger partial charge in [0.1, 0.15) is 0 Å². The van der Waals surface area contributed by atoms with Crippen LogP contribution in [0.1, 0.15) is 5.56 Å². The Bertz CT molecular complexity index is 675. The summed E-state index contributed by atoms with van der Waals surface area (Å²) in [6.45, 7) is 2.35. The van der Waals surface area contributed by atoms with Crippen LogP contribution in [0.2, 0.25) is 0 Å². The fourth-order valence-electron chi connectivity index (χ4n) is 1.89. The number of esters is 1. The maximum Gasteiger partial charge on any atom is 0.316 e. The molecule has 6 heteroatoms. The van der Waals surface area contributed by atoms with Gasteiger partial charge in [-0.1, -0.05) is 35.9 Å². The van der Waals surface area contributed by atoms with Gasteiger partial charge in [-0.15, -0.1) is 23.5 Å². The standard InChI is InChI=1S/C19H21NO3S2/c1-15-7-9-17(10-8-15)24-12-11-20-18(21)13-23-19(22)14-25-16-5-3-2-4-6-16/h2-10H,11-14H2,1H3,(H,20,21). The molecular formula is C19H21NO3S2. The number of carbonyl (C=O) groups excluding carboxylic acids is 2. The van der Waals surface area contributed by atoms with Gasteiger partial charge in [0.15, 0.2) is 6.61 Å². The Balaban J connectivity index is 1.54. The van der Waals surface area contributed by atoms with Crippen molar-refractivity contribution in [3.8, 4) is 0 Å². The zero-order valence-electron chi connectivity index (χ0n) is 14.1. The van der Waals surface area contributed by atoms with Gasteiger partial charge in [0, 0.05) is 22.1 Å². The summed E-state index contributed by atoms with van der Waals surface area (Å²) in [4.78, 5) is 25.5. The number of amides is 1. The molecule has 2 aromatic rings. The van der Waals surface area contributed by atoms with Crippen LogP contribution in [0.5, 0.6) is 0 Å². The van der Waals surface area contributed by atoms with E-state index in [-0.39, 0.29) is 18.3 Å². The summed E-state index contributed by atoms with van der Waals surface area (Å²) < 4.78 is 4.98. The third kappa shape index (κ3) is 8.14. The molecule has 0 radical (unpaired) electrons. The average Bonchev–Trinajstić information content (AvgIpc) is 2.64. The van der Waals surface area contributed by atoms with Gasteiger partial charge < -0.3 is 10.1 Å². The first kappa shape index (κ1) is 19.4. The van der Waals surface area contributed by atoms with Gasteiger partial charge in [-0.05, 0) is 31.2 Å². The van der Waals surface area contributed by atoms with Crippen molar-refractivity contribution in [1.29, 1.82) is 0 Å². The van der Waals surface area contributed by atoms with Crippen LogP contribution in [0.4, 0.5) is 0 Å². The number of hydrogen-bond donors (Lipinski definition) is 1. The summed E-state index contributed by atoms with van der Waals surface area (Å²) in [5, 5.41) is 2.75. The van der Waals surface area contributed by atoms with E-state index in [9.17, 15) is 9.59 Å². The fraction of sp³-hybridized carbons (Fsp3) is 0.263. The molecule has 0 unspecified atom stereocenters. The lowest BCUT2D eigenvalue weighted by Gasteiger charge is -2.07. The highest BCUT2D eigenvalue weighted by atomic mass is 32.2. The summed E-state index contributed by atoms with van der Waals surface area (Å²) in [7, 11) is 0. The number of thioether (sulfide) groups is 2. The van der Waals surface area contributed by atoms with E-state index in [4.69, 9.17) is 4.74 Å². The van der Waals surface area contributed by atoms with Gasteiger partial charge in [-0.3, -0.25) is 9.59 Å². The Morgan fingerprint density at radius 3 is 2.36 bits per heavy atom. The van der Waals surface area contributed by atoms with Crippen LogP contribution in [0, 0.1) is 6.92 Å². The molecule has 0 saturated heterocycles. The molecule has 2 aromatic carbocycles. The maximum atomic E-state index is 11.7. The van der Waals surface area contributed by atoms with Crippen molar-refractivity contribution in [3.63, 3.8) is 0 Å². The summed E-state index contributed by atoms with van der Waals surface area (Å²) in [5.74, 6) is 0.299.